The molecule has 0 aliphatic heterocycles. The average molecular weight is 516 g/mol. The van der Waals surface area contributed by atoms with Crippen molar-refractivity contribution in [3.63, 3.8) is 0 Å². The SMILES string of the molecule is COc1cccc(CNCC(=O)Nc2ccc(C#Cc3ccc(C(=O)N[C@@H](CN)C(=O)NO)cc3)cc2)c1. The van der Waals surface area contributed by atoms with Crippen LogP contribution in [-0.2, 0) is 16.1 Å². The minimum atomic E-state index is -1.05. The number of amides is 3. The molecule has 10 heteroatoms. The first kappa shape index (κ1) is 27.9. The molecule has 0 saturated carbocycles. The molecule has 0 bridgehead atoms. The highest BCUT2D eigenvalue weighted by molar-refractivity contribution is 5.97. The van der Waals surface area contributed by atoms with Gasteiger partial charge in [-0.25, -0.2) is 5.48 Å². The number of anilines is 1. The highest BCUT2D eigenvalue weighted by Crippen LogP contribution is 2.12. The largest absolute Gasteiger partial charge is 0.497 e. The molecule has 3 amide bonds. The maximum Gasteiger partial charge on any atom is 0.267 e. The summed E-state index contributed by atoms with van der Waals surface area (Å²) >= 11 is 0. The van der Waals surface area contributed by atoms with Crippen LogP contribution in [0.25, 0.3) is 0 Å². The van der Waals surface area contributed by atoms with Gasteiger partial charge < -0.3 is 26.4 Å². The smallest absolute Gasteiger partial charge is 0.267 e. The van der Waals surface area contributed by atoms with Gasteiger partial charge in [0.25, 0.3) is 11.8 Å². The van der Waals surface area contributed by atoms with Crippen molar-refractivity contribution in [2.75, 3.05) is 25.5 Å². The van der Waals surface area contributed by atoms with E-state index in [-0.39, 0.29) is 19.0 Å². The minimum Gasteiger partial charge on any atom is -0.497 e. The van der Waals surface area contributed by atoms with Gasteiger partial charge in [-0.1, -0.05) is 24.0 Å². The maximum atomic E-state index is 12.3. The highest BCUT2D eigenvalue weighted by atomic mass is 16.5. The van der Waals surface area contributed by atoms with Crippen LogP contribution in [0.1, 0.15) is 27.0 Å². The first-order valence-corrected chi connectivity index (χ1v) is 11.7. The first-order valence-electron chi connectivity index (χ1n) is 11.7. The number of ether oxygens (including phenoxy) is 1. The fraction of sp³-hybridized carbons (Fsp3) is 0.179. The van der Waals surface area contributed by atoms with E-state index in [4.69, 9.17) is 15.7 Å². The predicted molar refractivity (Wildman–Crippen MR) is 142 cm³/mol. The lowest BCUT2D eigenvalue weighted by molar-refractivity contribution is -0.130. The van der Waals surface area contributed by atoms with Gasteiger partial charge in [0.05, 0.1) is 13.7 Å². The molecule has 0 saturated heterocycles. The lowest BCUT2D eigenvalue weighted by Crippen LogP contribution is -2.50. The molecular formula is C28H29N5O5. The number of hydrogen-bond acceptors (Lipinski definition) is 7. The second-order valence-electron chi connectivity index (χ2n) is 8.15. The second-order valence-corrected chi connectivity index (χ2v) is 8.15. The molecule has 38 heavy (non-hydrogen) atoms. The van der Waals surface area contributed by atoms with Gasteiger partial charge in [0.15, 0.2) is 0 Å². The summed E-state index contributed by atoms with van der Waals surface area (Å²) in [6.45, 7) is 0.541. The summed E-state index contributed by atoms with van der Waals surface area (Å²) in [7, 11) is 1.61. The molecule has 0 unspecified atom stereocenters. The summed E-state index contributed by atoms with van der Waals surface area (Å²) in [5.41, 5.74) is 10.3. The number of methoxy groups -OCH3 is 1. The van der Waals surface area contributed by atoms with Gasteiger partial charge in [-0.05, 0) is 66.2 Å². The third-order valence-corrected chi connectivity index (χ3v) is 5.38. The number of rotatable bonds is 10. The van der Waals surface area contributed by atoms with Crippen LogP contribution in [0.3, 0.4) is 0 Å². The quantitative estimate of drug-likeness (QED) is 0.135. The van der Waals surface area contributed by atoms with Crippen LogP contribution < -0.4 is 31.9 Å². The Hall–Kier alpha value is -4.69. The minimum absolute atomic E-state index is 0.161. The fourth-order valence-electron chi connectivity index (χ4n) is 3.35. The Morgan fingerprint density at radius 2 is 1.63 bits per heavy atom. The highest BCUT2D eigenvalue weighted by Gasteiger charge is 2.19. The van der Waals surface area contributed by atoms with Crippen LogP contribution in [-0.4, -0.2) is 49.2 Å². The third kappa shape index (κ3) is 8.46. The third-order valence-electron chi connectivity index (χ3n) is 5.38. The van der Waals surface area contributed by atoms with Crippen molar-refractivity contribution in [1.29, 1.82) is 0 Å². The Balaban J connectivity index is 1.48. The summed E-state index contributed by atoms with van der Waals surface area (Å²) < 4.78 is 5.20. The van der Waals surface area contributed by atoms with Crippen molar-refractivity contribution in [3.05, 3.63) is 95.1 Å². The van der Waals surface area contributed by atoms with Gasteiger partial charge in [0.1, 0.15) is 11.8 Å². The predicted octanol–water partition coefficient (Wildman–Crippen LogP) is 1.39. The molecular weight excluding hydrogens is 486 g/mol. The number of nitrogens with one attached hydrogen (secondary N) is 4. The van der Waals surface area contributed by atoms with Crippen LogP contribution >= 0.6 is 0 Å². The van der Waals surface area contributed by atoms with Crippen molar-refractivity contribution in [3.8, 4) is 17.6 Å². The number of hydrogen-bond donors (Lipinski definition) is 6. The summed E-state index contributed by atoms with van der Waals surface area (Å²) in [4.78, 5) is 36.0. The lowest BCUT2D eigenvalue weighted by atomic mass is 10.1. The zero-order chi connectivity index (χ0) is 27.3. The summed E-state index contributed by atoms with van der Waals surface area (Å²) in [6, 6.07) is 20.2. The molecule has 196 valence electrons. The van der Waals surface area contributed by atoms with Crippen LogP contribution in [0.2, 0.25) is 0 Å². The average Bonchev–Trinajstić information content (AvgIpc) is 2.95. The van der Waals surface area contributed by atoms with E-state index in [0.29, 0.717) is 23.4 Å². The van der Waals surface area contributed by atoms with E-state index in [1.807, 2.05) is 24.3 Å². The van der Waals surface area contributed by atoms with Gasteiger partial charge in [-0.2, -0.15) is 0 Å². The van der Waals surface area contributed by atoms with Crippen LogP contribution in [0.15, 0.2) is 72.8 Å². The molecule has 0 aliphatic rings. The topological polar surface area (TPSA) is 155 Å². The van der Waals surface area contributed by atoms with Crippen LogP contribution in [0.5, 0.6) is 5.75 Å². The number of carbonyl (C=O) groups excluding carboxylic acids is 3. The fourth-order valence-corrected chi connectivity index (χ4v) is 3.35. The zero-order valence-electron chi connectivity index (χ0n) is 20.8. The van der Waals surface area contributed by atoms with E-state index in [1.54, 1.807) is 55.6 Å². The van der Waals surface area contributed by atoms with Gasteiger partial charge in [0, 0.05) is 35.5 Å². The van der Waals surface area contributed by atoms with Crippen molar-refractivity contribution >= 4 is 23.4 Å². The number of carbonyl (C=O) groups is 3. The normalized spacial score (nSPS) is 10.9. The van der Waals surface area contributed by atoms with E-state index >= 15 is 0 Å². The van der Waals surface area contributed by atoms with Crippen LogP contribution in [0.4, 0.5) is 5.69 Å². The molecule has 3 rings (SSSR count). The molecule has 3 aromatic carbocycles. The number of hydroxylamine groups is 1. The van der Waals surface area contributed by atoms with Gasteiger partial charge >= 0.3 is 0 Å². The molecule has 7 N–H and O–H groups in total. The van der Waals surface area contributed by atoms with E-state index in [0.717, 1.165) is 16.9 Å². The molecule has 0 spiro atoms. The van der Waals surface area contributed by atoms with E-state index in [2.05, 4.69) is 27.8 Å². The molecule has 0 aromatic heterocycles. The summed E-state index contributed by atoms with van der Waals surface area (Å²) in [6.07, 6.45) is 0. The summed E-state index contributed by atoms with van der Waals surface area (Å²) in [5.74, 6) is 5.35. The maximum absolute atomic E-state index is 12.3. The Bertz CT molecular complexity index is 1310. The molecule has 10 nitrogen and oxygen atoms in total. The summed E-state index contributed by atoms with van der Waals surface area (Å²) in [5, 5.41) is 17.1. The Labute approximate surface area is 220 Å². The molecule has 1 atom stereocenters. The van der Waals surface area contributed by atoms with Gasteiger partial charge in [-0.15, -0.1) is 0 Å². The van der Waals surface area contributed by atoms with Gasteiger partial charge in [0.2, 0.25) is 5.91 Å². The Kier molecular flexibility index (Phi) is 10.4. The zero-order valence-corrected chi connectivity index (χ0v) is 20.8. The molecule has 3 aromatic rings. The van der Waals surface area contributed by atoms with Crippen LogP contribution in [0, 0.1) is 11.8 Å². The van der Waals surface area contributed by atoms with E-state index in [9.17, 15) is 14.4 Å². The van der Waals surface area contributed by atoms with E-state index in [1.165, 1.54) is 5.48 Å². The monoisotopic (exact) mass is 515 g/mol. The van der Waals surface area contributed by atoms with Gasteiger partial charge in [-0.3, -0.25) is 19.6 Å². The Morgan fingerprint density at radius 3 is 2.24 bits per heavy atom. The molecule has 0 fully saturated rings. The second kappa shape index (κ2) is 14.2. The molecule has 0 aliphatic carbocycles. The van der Waals surface area contributed by atoms with Crippen molar-refractivity contribution in [1.82, 2.24) is 16.1 Å². The molecule has 0 heterocycles. The van der Waals surface area contributed by atoms with Crippen molar-refractivity contribution in [2.45, 2.75) is 12.6 Å². The number of nitrogens with two attached hydrogens (primary N) is 1. The lowest BCUT2D eigenvalue weighted by Gasteiger charge is -2.14. The van der Waals surface area contributed by atoms with Crippen molar-refractivity contribution < 1.29 is 24.3 Å². The standard InChI is InChI=1S/C28H29N5O5/c1-38-24-4-2-3-21(15-24)17-30-18-26(34)31-23-13-9-20(10-14-23)6-5-19-7-11-22(12-8-19)27(35)32-25(16-29)28(36)33-37/h2-4,7-15,25,30,37H,16-18,29H2,1H3,(H,31,34)(H,32,35)(H,33,36)/t25-/m0/s1. The Morgan fingerprint density at radius 1 is 0.974 bits per heavy atom. The molecule has 0 radical (unpaired) electrons. The van der Waals surface area contributed by atoms with Crippen molar-refractivity contribution in [2.24, 2.45) is 5.73 Å². The number of benzene rings is 3. The van der Waals surface area contributed by atoms with E-state index < -0.39 is 17.9 Å². The first-order chi connectivity index (χ1) is 18.4.